The minimum atomic E-state index is -8.71. The van der Waals surface area contributed by atoms with Crippen molar-refractivity contribution in [3.05, 3.63) is 120 Å². The van der Waals surface area contributed by atoms with Gasteiger partial charge in [-0.15, -0.1) is 0 Å². The number of alkyl halides is 16. The zero-order valence-corrected chi connectivity index (χ0v) is 28.3. The Hall–Kier alpha value is -5.70. The first-order valence-corrected chi connectivity index (χ1v) is 15.7. The fourth-order valence-electron chi connectivity index (χ4n) is 4.48. The maximum Gasteiger partial charge on any atom is 0.385 e. The Morgan fingerprint density at radius 1 is 0.345 bits per heavy atom. The number of halogens is 16. The first kappa shape index (κ1) is 45.0. The van der Waals surface area contributed by atoms with Crippen molar-refractivity contribution < 1.29 is 98.8 Å². The summed E-state index contributed by atoms with van der Waals surface area (Å²) in [5, 5.41) is 0. The average Bonchev–Trinajstić information content (AvgIpc) is 3.17. The van der Waals surface area contributed by atoms with Crippen molar-refractivity contribution in [2.45, 2.75) is 47.4 Å². The lowest BCUT2D eigenvalue weighted by atomic mass is 9.88. The minimum absolute atomic E-state index is 0.0277. The predicted molar refractivity (Wildman–Crippen MR) is 166 cm³/mol. The van der Waals surface area contributed by atoms with E-state index in [1.54, 1.807) is 36.4 Å². The molecule has 22 heteroatoms. The van der Waals surface area contributed by atoms with E-state index in [4.69, 9.17) is 9.47 Å². The predicted octanol–water partition coefficient (Wildman–Crippen LogP) is 11.4. The first-order valence-electron chi connectivity index (χ1n) is 15.7. The van der Waals surface area contributed by atoms with Gasteiger partial charge in [0.05, 0.1) is 11.1 Å². The highest BCUT2D eigenvalue weighted by molar-refractivity contribution is 5.90. The van der Waals surface area contributed by atoms with Crippen molar-refractivity contribution in [2.75, 3.05) is 13.2 Å². The lowest BCUT2D eigenvalue weighted by Gasteiger charge is -2.43. The van der Waals surface area contributed by atoms with E-state index in [9.17, 15) is 79.8 Å². The molecule has 4 aromatic rings. The van der Waals surface area contributed by atoms with E-state index in [0.29, 0.717) is 0 Å². The number of hydrogen-bond acceptors (Lipinski definition) is 6. The molecule has 0 unspecified atom stereocenters. The van der Waals surface area contributed by atoms with Crippen LogP contribution in [0.15, 0.2) is 109 Å². The molecule has 0 aliphatic heterocycles. The summed E-state index contributed by atoms with van der Waals surface area (Å²) in [5.74, 6) is -67.8. The minimum Gasteiger partial charge on any atom is -0.457 e. The molecular formula is C36H22F16O6. The lowest BCUT2D eigenvalue weighted by Crippen LogP contribution is -2.75. The Morgan fingerprint density at radius 2 is 0.586 bits per heavy atom. The summed E-state index contributed by atoms with van der Waals surface area (Å²) in [6, 6.07) is 22.1. The van der Waals surface area contributed by atoms with E-state index in [2.05, 4.69) is 9.47 Å². The highest BCUT2D eigenvalue weighted by atomic mass is 19.4. The van der Waals surface area contributed by atoms with Gasteiger partial charge in [0.25, 0.3) is 0 Å². The van der Waals surface area contributed by atoms with Gasteiger partial charge in [0.2, 0.25) is 0 Å². The second kappa shape index (κ2) is 15.9. The van der Waals surface area contributed by atoms with Crippen molar-refractivity contribution in [3.63, 3.8) is 0 Å². The van der Waals surface area contributed by atoms with Gasteiger partial charge in [-0.25, -0.2) is 9.59 Å². The Bertz CT molecular complexity index is 1880. The van der Waals surface area contributed by atoms with Crippen LogP contribution < -0.4 is 9.47 Å². The van der Waals surface area contributed by atoms with Gasteiger partial charge in [-0.2, -0.15) is 70.2 Å². The number of esters is 2. The second-order valence-electron chi connectivity index (χ2n) is 11.9. The molecule has 0 N–H and O–H groups in total. The number of ether oxygens (including phenoxy) is 4. The standard InChI is InChI=1S/C36H22F16O6/c37-29(38,19-55-27(53)21-11-15-25(16-12-21)57-23-7-3-1-4-8-23)31(41,42)33(45,46)35(49,50)36(51,52)34(47,48)32(43,44)30(39,40)20-56-28(54)22-13-17-26(18-14-22)58-24-9-5-2-6-10-24/h1-18H,19-20H2. The van der Waals surface area contributed by atoms with Gasteiger partial charge in [-0.3, -0.25) is 0 Å². The van der Waals surface area contributed by atoms with Crippen LogP contribution in [0.2, 0.25) is 0 Å². The molecule has 0 saturated carbocycles. The zero-order chi connectivity index (χ0) is 43.6. The molecule has 0 amide bonds. The highest BCUT2D eigenvalue weighted by Crippen LogP contribution is 2.64. The maximum atomic E-state index is 14.4. The Balaban J connectivity index is 1.46. The van der Waals surface area contributed by atoms with Crippen LogP contribution in [0.25, 0.3) is 0 Å². The smallest absolute Gasteiger partial charge is 0.385 e. The topological polar surface area (TPSA) is 71.1 Å². The molecule has 0 heterocycles. The maximum absolute atomic E-state index is 14.4. The fourth-order valence-corrected chi connectivity index (χ4v) is 4.48. The number of hydrogen-bond donors (Lipinski definition) is 0. The average molecular weight is 855 g/mol. The van der Waals surface area contributed by atoms with Crippen molar-refractivity contribution in [1.29, 1.82) is 0 Å². The van der Waals surface area contributed by atoms with E-state index in [1.807, 2.05) is 0 Å². The quantitative estimate of drug-likeness (QED) is 0.0778. The molecule has 0 aliphatic carbocycles. The number of carbonyl (C=O) groups excluding carboxylic acids is 2. The molecule has 0 fully saturated rings. The second-order valence-corrected chi connectivity index (χ2v) is 11.9. The summed E-state index contributed by atoms with van der Waals surface area (Å²) in [5.41, 5.74) is -1.61. The van der Waals surface area contributed by atoms with Gasteiger partial charge in [-0.05, 0) is 72.8 Å². The molecule has 0 atom stereocenters. The van der Waals surface area contributed by atoms with Gasteiger partial charge in [0.15, 0.2) is 13.2 Å². The number of rotatable bonds is 17. The molecule has 314 valence electrons. The SMILES string of the molecule is O=C(OCC(F)(F)C(F)(F)C(F)(F)C(F)(F)C(F)(F)C(F)(F)C(F)(F)C(F)(F)COC(=O)c1ccc(Oc2ccccc2)cc1)c1ccc(Oc2ccccc2)cc1. The van der Waals surface area contributed by atoms with Gasteiger partial charge >= 0.3 is 59.3 Å². The Kier molecular flexibility index (Phi) is 12.4. The molecule has 58 heavy (non-hydrogen) atoms. The van der Waals surface area contributed by atoms with Gasteiger partial charge in [0, 0.05) is 0 Å². The van der Waals surface area contributed by atoms with Crippen molar-refractivity contribution in [2.24, 2.45) is 0 Å². The van der Waals surface area contributed by atoms with Crippen LogP contribution in [0, 0.1) is 0 Å². The van der Waals surface area contributed by atoms with Gasteiger partial charge in [0.1, 0.15) is 23.0 Å². The number of benzene rings is 4. The van der Waals surface area contributed by atoms with E-state index < -0.39 is 83.7 Å². The molecule has 0 aromatic heterocycles. The van der Waals surface area contributed by atoms with E-state index in [-0.39, 0.29) is 23.0 Å². The van der Waals surface area contributed by atoms with Crippen LogP contribution in [0.3, 0.4) is 0 Å². The lowest BCUT2D eigenvalue weighted by molar-refractivity contribution is -0.454. The van der Waals surface area contributed by atoms with Crippen molar-refractivity contribution in [3.8, 4) is 23.0 Å². The summed E-state index contributed by atoms with van der Waals surface area (Å²) in [6.07, 6.45) is 0. The largest absolute Gasteiger partial charge is 0.457 e. The zero-order valence-electron chi connectivity index (χ0n) is 28.3. The molecule has 6 nitrogen and oxygen atoms in total. The number of para-hydroxylation sites is 2. The highest BCUT2D eigenvalue weighted by Gasteiger charge is 2.95. The summed E-state index contributed by atoms with van der Waals surface area (Å²) in [4.78, 5) is 24.2. The molecule has 0 aliphatic rings. The van der Waals surface area contributed by atoms with Crippen LogP contribution in [0.1, 0.15) is 20.7 Å². The van der Waals surface area contributed by atoms with Crippen LogP contribution in [-0.2, 0) is 9.47 Å². The summed E-state index contributed by atoms with van der Waals surface area (Å²) in [6.45, 7) is -6.67. The van der Waals surface area contributed by atoms with Crippen molar-refractivity contribution >= 4 is 11.9 Å². The summed E-state index contributed by atoms with van der Waals surface area (Å²) in [7, 11) is 0. The van der Waals surface area contributed by atoms with Gasteiger partial charge in [-0.1, -0.05) is 36.4 Å². The molecule has 0 radical (unpaired) electrons. The normalized spacial score (nSPS) is 13.4. The van der Waals surface area contributed by atoms with Crippen LogP contribution in [0.4, 0.5) is 70.2 Å². The van der Waals surface area contributed by atoms with Crippen molar-refractivity contribution in [1.82, 2.24) is 0 Å². The molecular weight excluding hydrogens is 832 g/mol. The van der Waals surface area contributed by atoms with Crippen LogP contribution in [0.5, 0.6) is 23.0 Å². The van der Waals surface area contributed by atoms with Crippen LogP contribution >= 0.6 is 0 Å². The third-order valence-corrected chi connectivity index (χ3v) is 7.80. The Labute approximate surface area is 314 Å². The van der Waals surface area contributed by atoms with Crippen LogP contribution in [-0.4, -0.2) is 72.5 Å². The third-order valence-electron chi connectivity index (χ3n) is 7.80. The molecule has 0 saturated heterocycles. The molecule has 4 aromatic carbocycles. The molecule has 0 bridgehead atoms. The monoisotopic (exact) mass is 854 g/mol. The summed E-state index contributed by atoms with van der Waals surface area (Å²) >= 11 is 0. The molecule has 0 spiro atoms. The van der Waals surface area contributed by atoms with E-state index in [1.165, 1.54) is 24.3 Å². The third kappa shape index (κ3) is 8.31. The molecule has 4 rings (SSSR count). The fraction of sp³-hybridized carbons (Fsp3) is 0.278. The Morgan fingerprint density at radius 3 is 0.862 bits per heavy atom. The van der Waals surface area contributed by atoms with E-state index >= 15 is 0 Å². The van der Waals surface area contributed by atoms with E-state index in [0.717, 1.165) is 48.5 Å². The first-order chi connectivity index (χ1) is 26.6. The summed E-state index contributed by atoms with van der Waals surface area (Å²) < 4.78 is 248. The number of carbonyl (C=O) groups is 2. The van der Waals surface area contributed by atoms with Gasteiger partial charge < -0.3 is 18.9 Å².